The number of rotatable bonds is 4. The normalized spacial score (nSPS) is 11.6. The van der Waals surface area contributed by atoms with Gasteiger partial charge in [-0.15, -0.1) is 0 Å². The summed E-state index contributed by atoms with van der Waals surface area (Å²) < 4.78 is 52.5. The highest BCUT2D eigenvalue weighted by Gasteiger charge is 2.19. The molecule has 2 aromatic rings. The molecule has 5 nitrogen and oxygen atoms in total. The molecule has 1 aromatic heterocycles. The number of hydrogen-bond acceptors (Lipinski definition) is 3. The smallest absolute Gasteiger partial charge is 0.263 e. The van der Waals surface area contributed by atoms with E-state index in [1.54, 1.807) is 0 Å². The highest BCUT2D eigenvalue weighted by Crippen LogP contribution is 2.26. The number of aliphatic hydroxyl groups excluding tert-OH is 1. The van der Waals surface area contributed by atoms with Crippen molar-refractivity contribution in [2.75, 3.05) is 4.72 Å². The van der Waals surface area contributed by atoms with Gasteiger partial charge in [0, 0.05) is 18.0 Å². The molecule has 1 heterocycles. The molecular weight excluding hydrogens is 358 g/mol. The minimum absolute atomic E-state index is 0.0679. The number of hydrogen-bond donors (Lipinski definition) is 3. The topological polar surface area (TPSA) is 82.2 Å². The average molecular weight is 367 g/mol. The van der Waals surface area contributed by atoms with E-state index in [2.05, 4.69) is 20.9 Å². The Hall–Kier alpha value is -1.45. The van der Waals surface area contributed by atoms with Crippen LogP contribution in [0.4, 0.5) is 14.5 Å². The molecule has 0 radical (unpaired) electrons. The second-order valence-corrected chi connectivity index (χ2v) is 6.41. The molecule has 20 heavy (non-hydrogen) atoms. The third-order valence-electron chi connectivity index (χ3n) is 2.45. The Morgan fingerprint density at radius 3 is 2.55 bits per heavy atom. The first-order valence-electron chi connectivity index (χ1n) is 5.29. The van der Waals surface area contributed by atoms with Gasteiger partial charge in [-0.3, -0.25) is 4.72 Å². The number of sulfonamides is 1. The van der Waals surface area contributed by atoms with Crippen LogP contribution in [-0.4, -0.2) is 18.5 Å². The van der Waals surface area contributed by atoms with E-state index < -0.39 is 21.7 Å². The number of benzene rings is 1. The zero-order valence-corrected chi connectivity index (χ0v) is 12.2. The quantitative estimate of drug-likeness (QED) is 0.726. The molecule has 0 unspecified atom stereocenters. The number of H-pyrrole nitrogens is 1. The summed E-state index contributed by atoms with van der Waals surface area (Å²) in [7, 11) is -4.03. The SMILES string of the molecule is O=S(=O)(Nc1cc(Br)c(F)cc1F)c1c[nH]c(CO)c1. The summed E-state index contributed by atoms with van der Waals surface area (Å²) in [6, 6.07) is 2.76. The molecule has 108 valence electrons. The second-order valence-electron chi connectivity index (χ2n) is 3.87. The summed E-state index contributed by atoms with van der Waals surface area (Å²) >= 11 is 2.84. The molecular formula is C11H9BrF2N2O3S. The van der Waals surface area contributed by atoms with Gasteiger partial charge in [-0.1, -0.05) is 0 Å². The second kappa shape index (κ2) is 5.51. The predicted octanol–water partition coefficient (Wildman–Crippen LogP) is 2.35. The van der Waals surface area contributed by atoms with Crippen molar-refractivity contribution in [3.8, 4) is 0 Å². The van der Waals surface area contributed by atoms with E-state index >= 15 is 0 Å². The fraction of sp³-hybridized carbons (Fsp3) is 0.0909. The van der Waals surface area contributed by atoms with Crippen molar-refractivity contribution in [1.82, 2.24) is 4.98 Å². The minimum atomic E-state index is -4.03. The summed E-state index contributed by atoms with van der Waals surface area (Å²) in [6.07, 6.45) is 1.16. The highest BCUT2D eigenvalue weighted by molar-refractivity contribution is 9.10. The van der Waals surface area contributed by atoms with Gasteiger partial charge in [0.25, 0.3) is 10.0 Å². The fourth-order valence-corrected chi connectivity index (χ4v) is 2.89. The van der Waals surface area contributed by atoms with Gasteiger partial charge in [0.1, 0.15) is 16.5 Å². The number of aromatic nitrogens is 1. The molecule has 0 spiro atoms. The maximum absolute atomic E-state index is 13.5. The summed E-state index contributed by atoms with van der Waals surface area (Å²) in [5.74, 6) is -1.87. The maximum Gasteiger partial charge on any atom is 0.263 e. The first-order chi connectivity index (χ1) is 9.33. The number of halogens is 3. The van der Waals surface area contributed by atoms with Crippen molar-refractivity contribution in [2.45, 2.75) is 11.5 Å². The fourth-order valence-electron chi connectivity index (χ4n) is 1.47. The third kappa shape index (κ3) is 3.00. The van der Waals surface area contributed by atoms with Gasteiger partial charge in [-0.2, -0.15) is 0 Å². The van der Waals surface area contributed by atoms with E-state index in [0.717, 1.165) is 12.3 Å². The molecule has 0 saturated carbocycles. The maximum atomic E-state index is 13.5. The van der Waals surface area contributed by atoms with E-state index in [4.69, 9.17) is 5.11 Å². The Bertz CT molecular complexity index is 746. The number of anilines is 1. The molecule has 0 aliphatic rings. The molecule has 0 bridgehead atoms. The molecule has 9 heteroatoms. The van der Waals surface area contributed by atoms with Crippen LogP contribution in [0.1, 0.15) is 5.69 Å². The van der Waals surface area contributed by atoms with Crippen molar-refractivity contribution < 1.29 is 22.3 Å². The lowest BCUT2D eigenvalue weighted by Gasteiger charge is -2.08. The molecule has 1 aromatic carbocycles. The van der Waals surface area contributed by atoms with Crippen LogP contribution in [0.25, 0.3) is 0 Å². The molecule has 0 fully saturated rings. The Balaban J connectivity index is 2.35. The molecule has 0 atom stereocenters. The van der Waals surface area contributed by atoms with Crippen LogP contribution in [0.5, 0.6) is 0 Å². The summed E-state index contributed by atoms with van der Waals surface area (Å²) in [4.78, 5) is 2.38. The van der Waals surface area contributed by atoms with E-state index in [9.17, 15) is 17.2 Å². The summed E-state index contributed by atoms with van der Waals surface area (Å²) in [5, 5.41) is 8.86. The molecule has 0 saturated heterocycles. The Morgan fingerprint density at radius 1 is 1.25 bits per heavy atom. The zero-order valence-electron chi connectivity index (χ0n) is 9.82. The van der Waals surface area contributed by atoms with Gasteiger partial charge in [-0.05, 0) is 28.1 Å². The zero-order chi connectivity index (χ0) is 14.9. The lowest BCUT2D eigenvalue weighted by Crippen LogP contribution is -2.13. The molecule has 0 aliphatic carbocycles. The van der Waals surface area contributed by atoms with Crippen LogP contribution in [-0.2, 0) is 16.6 Å². The van der Waals surface area contributed by atoms with Crippen LogP contribution in [0, 0.1) is 11.6 Å². The van der Waals surface area contributed by atoms with E-state index in [0.29, 0.717) is 11.8 Å². The lowest BCUT2D eigenvalue weighted by molar-refractivity contribution is 0.277. The van der Waals surface area contributed by atoms with E-state index in [1.165, 1.54) is 6.07 Å². The Labute approximate surface area is 121 Å². The van der Waals surface area contributed by atoms with Crippen molar-refractivity contribution in [2.24, 2.45) is 0 Å². The van der Waals surface area contributed by atoms with Crippen molar-refractivity contribution in [3.05, 3.63) is 46.2 Å². The van der Waals surface area contributed by atoms with Gasteiger partial charge >= 0.3 is 0 Å². The van der Waals surface area contributed by atoms with Gasteiger partial charge in [-0.25, -0.2) is 17.2 Å². The Kier molecular flexibility index (Phi) is 4.11. The van der Waals surface area contributed by atoms with Crippen molar-refractivity contribution >= 4 is 31.6 Å². The molecule has 3 N–H and O–H groups in total. The molecule has 0 aliphatic heterocycles. The van der Waals surface area contributed by atoms with Crippen molar-refractivity contribution in [1.29, 1.82) is 0 Å². The van der Waals surface area contributed by atoms with Crippen LogP contribution < -0.4 is 4.72 Å². The van der Waals surface area contributed by atoms with Gasteiger partial charge in [0.15, 0.2) is 0 Å². The van der Waals surface area contributed by atoms with Crippen molar-refractivity contribution in [3.63, 3.8) is 0 Å². The first kappa shape index (κ1) is 14.9. The predicted molar refractivity (Wildman–Crippen MR) is 71.6 cm³/mol. The number of nitrogens with one attached hydrogen (secondary N) is 2. The summed E-state index contributed by atoms with van der Waals surface area (Å²) in [6.45, 7) is -0.355. The monoisotopic (exact) mass is 366 g/mol. The molecule has 0 amide bonds. The van der Waals surface area contributed by atoms with Crippen LogP contribution in [0.15, 0.2) is 33.8 Å². The summed E-state index contributed by atoms with van der Waals surface area (Å²) in [5.41, 5.74) is -0.0869. The van der Waals surface area contributed by atoms with Crippen LogP contribution >= 0.6 is 15.9 Å². The minimum Gasteiger partial charge on any atom is -0.390 e. The van der Waals surface area contributed by atoms with Gasteiger partial charge < -0.3 is 10.1 Å². The van der Waals surface area contributed by atoms with E-state index in [1.807, 2.05) is 4.72 Å². The van der Waals surface area contributed by atoms with Gasteiger partial charge in [0.2, 0.25) is 0 Å². The average Bonchev–Trinajstić information content (AvgIpc) is 2.85. The third-order valence-corrected chi connectivity index (χ3v) is 4.40. The van der Waals surface area contributed by atoms with Crippen LogP contribution in [0.2, 0.25) is 0 Å². The largest absolute Gasteiger partial charge is 0.390 e. The molecule has 2 rings (SSSR count). The Morgan fingerprint density at radius 2 is 1.95 bits per heavy atom. The lowest BCUT2D eigenvalue weighted by atomic mass is 10.3. The standard InChI is InChI=1S/C11H9BrF2N2O3S/c12-8-2-11(10(14)3-9(8)13)16-20(18,19)7-1-6(5-17)15-4-7/h1-4,15-17H,5H2. The highest BCUT2D eigenvalue weighted by atomic mass is 79.9. The first-order valence-corrected chi connectivity index (χ1v) is 7.56. The van der Waals surface area contributed by atoms with Gasteiger partial charge in [0.05, 0.1) is 16.8 Å². The number of aromatic amines is 1. The van der Waals surface area contributed by atoms with E-state index in [-0.39, 0.29) is 21.7 Å². The van der Waals surface area contributed by atoms with Crippen LogP contribution in [0.3, 0.4) is 0 Å². The number of aliphatic hydroxyl groups is 1.